The van der Waals surface area contributed by atoms with E-state index in [0.717, 1.165) is 53.7 Å². The van der Waals surface area contributed by atoms with Crippen LogP contribution in [0.1, 0.15) is 49.6 Å². The summed E-state index contributed by atoms with van der Waals surface area (Å²) in [6, 6.07) is 13.7. The van der Waals surface area contributed by atoms with Crippen LogP contribution in [-0.4, -0.2) is 45.3 Å². The summed E-state index contributed by atoms with van der Waals surface area (Å²) >= 11 is 6.31. The summed E-state index contributed by atoms with van der Waals surface area (Å²) in [5, 5.41) is 1.81. The summed E-state index contributed by atoms with van der Waals surface area (Å²) in [6.45, 7) is 6.63. The number of amides is 1. The monoisotopic (exact) mass is 520 g/mol. The van der Waals surface area contributed by atoms with Crippen molar-refractivity contribution in [3.8, 4) is 5.75 Å². The number of unbranched alkanes of at least 4 members (excludes halogenated alkanes) is 1. The number of aromatic nitrogens is 3. The fourth-order valence-electron chi connectivity index (χ4n) is 4.88. The van der Waals surface area contributed by atoms with Crippen molar-refractivity contribution in [2.24, 2.45) is 5.92 Å². The highest BCUT2D eigenvalue weighted by molar-refractivity contribution is 6.31. The predicted octanol–water partition coefficient (Wildman–Crippen LogP) is 6.62. The summed E-state index contributed by atoms with van der Waals surface area (Å²) in [5.41, 5.74) is 4.24. The molecular formula is C29H33ClN4O3. The normalized spacial score (nSPS) is 15.2. The van der Waals surface area contributed by atoms with Gasteiger partial charge >= 0.3 is 6.09 Å². The molecule has 1 aliphatic rings. The number of carbonyl (C=O) groups is 1. The van der Waals surface area contributed by atoms with Crippen LogP contribution >= 0.6 is 11.6 Å². The maximum atomic E-state index is 13.2. The third kappa shape index (κ3) is 5.77. The number of nitrogens with one attached hydrogen (secondary N) is 1. The number of imidazole rings is 1. The quantitative estimate of drug-likeness (QED) is 0.252. The van der Waals surface area contributed by atoms with Gasteiger partial charge in [0.15, 0.2) is 0 Å². The molecule has 194 valence electrons. The Morgan fingerprint density at radius 1 is 1.19 bits per heavy atom. The molecule has 7 nitrogen and oxygen atoms in total. The lowest BCUT2D eigenvalue weighted by Crippen LogP contribution is -2.41. The van der Waals surface area contributed by atoms with Crippen LogP contribution in [0.25, 0.3) is 10.9 Å². The average molecular weight is 521 g/mol. The van der Waals surface area contributed by atoms with Crippen molar-refractivity contribution in [1.82, 2.24) is 19.4 Å². The molecule has 1 atom stereocenters. The van der Waals surface area contributed by atoms with Crippen molar-refractivity contribution in [3.05, 3.63) is 83.0 Å². The van der Waals surface area contributed by atoms with E-state index in [2.05, 4.69) is 14.5 Å². The second-order valence-electron chi connectivity index (χ2n) is 9.95. The summed E-state index contributed by atoms with van der Waals surface area (Å²) in [4.78, 5) is 22.6. The SMILES string of the molecule is CC(C)COC(=O)N1CCc2c([nH]c3ccc(Cl)cc23)C1c1ccc(OCCCCn2ccnc2)cc1. The molecule has 2 aromatic heterocycles. The van der Waals surface area contributed by atoms with Gasteiger partial charge in [-0.05, 0) is 66.6 Å². The maximum Gasteiger partial charge on any atom is 0.410 e. The Kier molecular flexibility index (Phi) is 7.70. The summed E-state index contributed by atoms with van der Waals surface area (Å²) in [7, 11) is 0. The molecule has 0 saturated carbocycles. The number of carbonyl (C=O) groups excluding carboxylic acids is 1. The van der Waals surface area contributed by atoms with Gasteiger partial charge < -0.3 is 19.0 Å². The molecule has 2 aromatic carbocycles. The Morgan fingerprint density at radius 3 is 2.78 bits per heavy atom. The van der Waals surface area contributed by atoms with Crippen molar-refractivity contribution in [2.45, 2.75) is 45.7 Å². The van der Waals surface area contributed by atoms with Crippen LogP contribution in [0.5, 0.6) is 5.75 Å². The number of hydrogen-bond acceptors (Lipinski definition) is 4. The van der Waals surface area contributed by atoms with Gasteiger partial charge in [0.05, 0.1) is 19.5 Å². The summed E-state index contributed by atoms with van der Waals surface area (Å²) in [6.07, 6.45) is 8.03. The van der Waals surface area contributed by atoms with E-state index in [4.69, 9.17) is 21.1 Å². The van der Waals surface area contributed by atoms with Crippen LogP contribution < -0.4 is 4.74 Å². The Balaban J connectivity index is 1.34. The zero-order chi connectivity index (χ0) is 25.8. The van der Waals surface area contributed by atoms with E-state index in [1.165, 1.54) is 5.56 Å². The Bertz CT molecular complexity index is 1330. The van der Waals surface area contributed by atoms with Crippen molar-refractivity contribution in [2.75, 3.05) is 19.8 Å². The predicted molar refractivity (Wildman–Crippen MR) is 145 cm³/mol. The minimum absolute atomic E-state index is 0.273. The zero-order valence-corrected chi connectivity index (χ0v) is 22.1. The highest BCUT2D eigenvalue weighted by Gasteiger charge is 2.35. The molecule has 0 bridgehead atoms. The molecule has 0 radical (unpaired) electrons. The number of hydrogen-bond donors (Lipinski definition) is 1. The Morgan fingerprint density at radius 2 is 2.03 bits per heavy atom. The number of benzene rings is 2. The topological polar surface area (TPSA) is 72.4 Å². The molecule has 0 fully saturated rings. The van der Waals surface area contributed by atoms with Gasteiger partial charge in [-0.3, -0.25) is 4.90 Å². The van der Waals surface area contributed by atoms with Crippen molar-refractivity contribution in [3.63, 3.8) is 0 Å². The van der Waals surface area contributed by atoms with Crippen LogP contribution in [-0.2, 0) is 17.7 Å². The van der Waals surface area contributed by atoms with E-state index in [9.17, 15) is 4.79 Å². The second-order valence-corrected chi connectivity index (χ2v) is 10.4. The Hall–Kier alpha value is -3.45. The van der Waals surface area contributed by atoms with E-state index in [1.54, 1.807) is 6.20 Å². The molecule has 0 aliphatic carbocycles. The number of aromatic amines is 1. The minimum Gasteiger partial charge on any atom is -0.494 e. The number of aryl methyl sites for hydroxylation is 1. The molecule has 1 N–H and O–H groups in total. The molecule has 1 amide bonds. The molecule has 3 heterocycles. The van der Waals surface area contributed by atoms with Crippen LogP contribution in [0.2, 0.25) is 5.02 Å². The van der Waals surface area contributed by atoms with Crippen molar-refractivity contribution >= 4 is 28.6 Å². The smallest absolute Gasteiger partial charge is 0.410 e. The number of halogens is 1. The minimum atomic E-state index is -0.292. The van der Waals surface area contributed by atoms with Gasteiger partial charge in [-0.25, -0.2) is 9.78 Å². The molecule has 5 rings (SSSR count). The van der Waals surface area contributed by atoms with Crippen LogP contribution in [0, 0.1) is 5.92 Å². The lowest BCUT2D eigenvalue weighted by Gasteiger charge is -2.35. The van der Waals surface area contributed by atoms with E-state index < -0.39 is 0 Å². The number of nitrogens with zero attached hydrogens (tertiary/aromatic N) is 3. The van der Waals surface area contributed by atoms with Gasteiger partial charge in [0.25, 0.3) is 0 Å². The van der Waals surface area contributed by atoms with Crippen molar-refractivity contribution < 1.29 is 14.3 Å². The zero-order valence-electron chi connectivity index (χ0n) is 21.3. The first-order valence-electron chi connectivity index (χ1n) is 12.9. The molecule has 37 heavy (non-hydrogen) atoms. The molecular weight excluding hydrogens is 488 g/mol. The van der Waals surface area contributed by atoms with Gasteiger partial charge in [0, 0.05) is 47.1 Å². The van der Waals surface area contributed by atoms with Crippen LogP contribution in [0.4, 0.5) is 4.79 Å². The lowest BCUT2D eigenvalue weighted by atomic mass is 9.92. The van der Waals surface area contributed by atoms with Crippen LogP contribution in [0.3, 0.4) is 0 Å². The maximum absolute atomic E-state index is 13.2. The second kappa shape index (κ2) is 11.3. The highest BCUT2D eigenvalue weighted by atomic mass is 35.5. The number of H-pyrrole nitrogens is 1. The van der Waals surface area contributed by atoms with Crippen LogP contribution in [0.15, 0.2) is 61.2 Å². The van der Waals surface area contributed by atoms with Crippen molar-refractivity contribution in [1.29, 1.82) is 0 Å². The van der Waals surface area contributed by atoms with E-state index in [-0.39, 0.29) is 18.1 Å². The number of fused-ring (bicyclic) bond motifs is 3. The fraction of sp³-hybridized carbons (Fsp3) is 0.379. The lowest BCUT2D eigenvalue weighted by molar-refractivity contribution is 0.0797. The largest absolute Gasteiger partial charge is 0.494 e. The standard InChI is InChI=1S/C29H33ClN4O3/c1-20(2)18-37-29(35)34-14-11-24-25-17-22(30)7-10-26(25)32-27(24)28(34)21-5-8-23(9-6-21)36-16-4-3-13-33-15-12-31-19-33/h5-10,12,15,17,19-20,28,32H,3-4,11,13-14,16,18H2,1-2H3. The van der Waals surface area contributed by atoms with Gasteiger partial charge in [-0.15, -0.1) is 0 Å². The first-order valence-corrected chi connectivity index (χ1v) is 13.3. The summed E-state index contributed by atoms with van der Waals surface area (Å²) < 4.78 is 13.7. The van der Waals surface area contributed by atoms with E-state index in [1.807, 2.05) is 73.7 Å². The highest BCUT2D eigenvalue weighted by Crippen LogP contribution is 2.39. The summed E-state index contributed by atoms with van der Waals surface area (Å²) in [5.74, 6) is 1.09. The third-order valence-electron chi connectivity index (χ3n) is 6.70. The number of rotatable bonds is 9. The molecule has 4 aromatic rings. The van der Waals surface area contributed by atoms with E-state index in [0.29, 0.717) is 24.8 Å². The van der Waals surface area contributed by atoms with E-state index >= 15 is 0 Å². The average Bonchev–Trinajstić information content (AvgIpc) is 3.54. The van der Waals surface area contributed by atoms with Gasteiger partial charge in [-0.1, -0.05) is 37.6 Å². The third-order valence-corrected chi connectivity index (χ3v) is 6.93. The number of ether oxygens (including phenoxy) is 2. The van der Waals surface area contributed by atoms with Gasteiger partial charge in [0.2, 0.25) is 0 Å². The molecule has 1 aliphatic heterocycles. The van der Waals surface area contributed by atoms with Gasteiger partial charge in [0.1, 0.15) is 11.8 Å². The van der Waals surface area contributed by atoms with Gasteiger partial charge in [-0.2, -0.15) is 0 Å². The molecule has 1 unspecified atom stereocenters. The fourth-order valence-corrected chi connectivity index (χ4v) is 5.05. The molecule has 0 saturated heterocycles. The Labute approximate surface area is 222 Å². The first kappa shape index (κ1) is 25.2. The first-order chi connectivity index (χ1) is 18.0. The molecule has 8 heteroatoms. The molecule has 0 spiro atoms.